The van der Waals surface area contributed by atoms with Gasteiger partial charge in [-0.25, -0.2) is 13.1 Å². The van der Waals surface area contributed by atoms with Crippen molar-refractivity contribution in [3.63, 3.8) is 0 Å². The molecule has 114 valence electrons. The number of nitrogen functional groups attached to an aromatic ring is 1. The lowest BCUT2D eigenvalue weighted by Gasteiger charge is -2.12. The second kappa shape index (κ2) is 6.04. The van der Waals surface area contributed by atoms with Crippen molar-refractivity contribution >= 4 is 31.6 Å². The number of benzene rings is 1. The van der Waals surface area contributed by atoms with E-state index in [0.717, 1.165) is 5.69 Å². The summed E-state index contributed by atoms with van der Waals surface area (Å²) in [6, 6.07) is 4.61. The lowest BCUT2D eigenvalue weighted by atomic mass is 10.3. The van der Waals surface area contributed by atoms with E-state index < -0.39 is 10.0 Å². The van der Waals surface area contributed by atoms with Gasteiger partial charge in [-0.3, -0.25) is 4.68 Å². The highest BCUT2D eigenvalue weighted by Gasteiger charge is 2.21. The van der Waals surface area contributed by atoms with Gasteiger partial charge in [-0.15, -0.1) is 0 Å². The summed E-state index contributed by atoms with van der Waals surface area (Å²) >= 11 is 3.24. The highest BCUT2D eigenvalue weighted by Crippen LogP contribution is 2.32. The smallest absolute Gasteiger partial charge is 0.244 e. The van der Waals surface area contributed by atoms with Crippen LogP contribution in [0.25, 0.3) is 0 Å². The molecule has 2 rings (SSSR count). The van der Waals surface area contributed by atoms with Crippen LogP contribution in [0.2, 0.25) is 0 Å². The molecular formula is C12H15BrN4O3S. The molecule has 9 heteroatoms. The summed E-state index contributed by atoms with van der Waals surface area (Å²) in [7, 11) is -0.613. The Morgan fingerprint density at radius 3 is 2.76 bits per heavy atom. The first-order valence-corrected chi connectivity index (χ1v) is 8.22. The molecule has 0 saturated carbocycles. The summed E-state index contributed by atoms with van der Waals surface area (Å²) < 4.78 is 34.6. The van der Waals surface area contributed by atoms with Crippen molar-refractivity contribution in [1.82, 2.24) is 14.5 Å². The van der Waals surface area contributed by atoms with E-state index in [4.69, 9.17) is 10.5 Å². The van der Waals surface area contributed by atoms with E-state index in [1.807, 2.05) is 0 Å². The molecule has 21 heavy (non-hydrogen) atoms. The topological polar surface area (TPSA) is 99.2 Å². The molecule has 7 nitrogen and oxygen atoms in total. The van der Waals surface area contributed by atoms with Gasteiger partial charge in [0.2, 0.25) is 10.0 Å². The van der Waals surface area contributed by atoms with Crippen LogP contribution >= 0.6 is 15.9 Å². The number of rotatable bonds is 5. The molecule has 0 aliphatic carbocycles. The van der Waals surface area contributed by atoms with Gasteiger partial charge in [0.1, 0.15) is 10.6 Å². The van der Waals surface area contributed by atoms with Crippen LogP contribution in [-0.4, -0.2) is 25.3 Å². The number of sulfonamides is 1. The number of hydrogen-bond donors (Lipinski definition) is 2. The molecule has 1 aromatic carbocycles. The van der Waals surface area contributed by atoms with Gasteiger partial charge in [-0.2, -0.15) is 5.10 Å². The van der Waals surface area contributed by atoms with E-state index in [1.165, 1.54) is 19.2 Å². The zero-order valence-corrected chi connectivity index (χ0v) is 13.9. The van der Waals surface area contributed by atoms with Crippen LogP contribution < -0.4 is 15.2 Å². The Morgan fingerprint density at radius 2 is 2.19 bits per heavy atom. The monoisotopic (exact) mass is 374 g/mol. The van der Waals surface area contributed by atoms with Crippen molar-refractivity contribution in [3.8, 4) is 5.75 Å². The lowest BCUT2D eigenvalue weighted by Crippen LogP contribution is -2.25. The first-order valence-electron chi connectivity index (χ1n) is 5.94. The van der Waals surface area contributed by atoms with Gasteiger partial charge >= 0.3 is 0 Å². The summed E-state index contributed by atoms with van der Waals surface area (Å²) in [4.78, 5) is -0.00660. The minimum absolute atomic E-state index is 0.00660. The van der Waals surface area contributed by atoms with Gasteiger partial charge in [-0.1, -0.05) is 0 Å². The molecule has 3 N–H and O–H groups in total. The van der Waals surface area contributed by atoms with E-state index >= 15 is 0 Å². The zero-order chi connectivity index (χ0) is 15.6. The van der Waals surface area contributed by atoms with E-state index in [0.29, 0.717) is 10.2 Å². The number of halogens is 1. The predicted octanol–water partition coefficient (Wildman–Crippen LogP) is 1.25. The molecule has 0 saturated heterocycles. The minimum Gasteiger partial charge on any atom is -0.495 e. The van der Waals surface area contributed by atoms with Crippen molar-refractivity contribution in [2.45, 2.75) is 11.4 Å². The molecule has 0 radical (unpaired) electrons. The Hall–Kier alpha value is -1.58. The number of anilines is 1. The number of ether oxygens (including phenoxy) is 1. The highest BCUT2D eigenvalue weighted by molar-refractivity contribution is 9.10. The second-order valence-electron chi connectivity index (χ2n) is 4.30. The quantitative estimate of drug-likeness (QED) is 0.767. The van der Waals surface area contributed by atoms with E-state index in [1.54, 1.807) is 24.0 Å². The SMILES string of the molecule is COc1cc(Br)c(N)cc1S(=O)(=O)NCc1ccnn1C. The Bertz CT molecular complexity index is 758. The zero-order valence-electron chi connectivity index (χ0n) is 11.5. The first-order chi connectivity index (χ1) is 9.85. The second-order valence-corrected chi connectivity index (χ2v) is 6.88. The van der Waals surface area contributed by atoms with Crippen molar-refractivity contribution in [1.29, 1.82) is 0 Å². The van der Waals surface area contributed by atoms with Gasteiger partial charge in [0, 0.05) is 23.4 Å². The Labute approximate surface area is 131 Å². The number of methoxy groups -OCH3 is 1. The van der Waals surface area contributed by atoms with Crippen LogP contribution in [0, 0.1) is 0 Å². The summed E-state index contributed by atoms with van der Waals surface area (Å²) in [5.74, 6) is 0.216. The molecular weight excluding hydrogens is 360 g/mol. The molecule has 0 aliphatic rings. The summed E-state index contributed by atoms with van der Waals surface area (Å²) in [5.41, 5.74) is 6.80. The lowest BCUT2D eigenvalue weighted by molar-refractivity contribution is 0.402. The molecule has 0 atom stereocenters. The molecule has 0 spiro atoms. The van der Waals surface area contributed by atoms with Crippen molar-refractivity contribution in [2.75, 3.05) is 12.8 Å². The van der Waals surface area contributed by atoms with Crippen LogP contribution in [0.5, 0.6) is 5.75 Å². The predicted molar refractivity (Wildman–Crippen MR) is 82.3 cm³/mol. The fraction of sp³-hybridized carbons (Fsp3) is 0.250. The number of nitrogens with one attached hydrogen (secondary N) is 1. The van der Waals surface area contributed by atoms with E-state index in [9.17, 15) is 8.42 Å². The molecule has 0 amide bonds. The first kappa shape index (κ1) is 15.8. The van der Waals surface area contributed by atoms with Gasteiger partial charge in [0.05, 0.1) is 19.3 Å². The third-order valence-corrected chi connectivity index (χ3v) is 5.05. The van der Waals surface area contributed by atoms with E-state index in [-0.39, 0.29) is 17.2 Å². The molecule has 1 heterocycles. The Morgan fingerprint density at radius 1 is 1.48 bits per heavy atom. The molecule has 0 fully saturated rings. The Balaban J connectivity index is 2.31. The Kier molecular flexibility index (Phi) is 4.55. The number of hydrogen-bond acceptors (Lipinski definition) is 5. The number of nitrogens with zero attached hydrogens (tertiary/aromatic N) is 2. The minimum atomic E-state index is -3.75. The van der Waals surface area contributed by atoms with Crippen LogP contribution in [0.1, 0.15) is 5.69 Å². The molecule has 1 aromatic heterocycles. The third kappa shape index (κ3) is 3.36. The number of nitrogens with two attached hydrogens (primary N) is 1. The maximum Gasteiger partial charge on any atom is 0.244 e. The van der Waals surface area contributed by atoms with Crippen LogP contribution in [0.15, 0.2) is 33.8 Å². The van der Waals surface area contributed by atoms with Gasteiger partial charge < -0.3 is 10.5 Å². The fourth-order valence-electron chi connectivity index (χ4n) is 1.74. The number of aromatic nitrogens is 2. The largest absolute Gasteiger partial charge is 0.495 e. The van der Waals surface area contributed by atoms with Crippen LogP contribution in [0.4, 0.5) is 5.69 Å². The maximum atomic E-state index is 12.4. The average Bonchev–Trinajstić information content (AvgIpc) is 2.84. The number of aryl methyl sites for hydroxylation is 1. The average molecular weight is 375 g/mol. The molecule has 0 aliphatic heterocycles. The molecule has 0 bridgehead atoms. The van der Waals surface area contributed by atoms with Gasteiger partial charge in [0.15, 0.2) is 0 Å². The summed E-state index contributed by atoms with van der Waals surface area (Å²) in [6.07, 6.45) is 1.60. The maximum absolute atomic E-state index is 12.4. The third-order valence-electron chi connectivity index (χ3n) is 2.94. The normalized spacial score (nSPS) is 11.6. The summed E-state index contributed by atoms with van der Waals surface area (Å²) in [5, 5.41) is 3.98. The standard InChI is InChI=1S/C12H15BrN4O3S/c1-17-8(3-4-15-17)7-16-21(18,19)12-6-10(14)9(13)5-11(12)20-2/h3-6,16H,7,14H2,1-2H3. The molecule has 2 aromatic rings. The van der Waals surface area contributed by atoms with Crippen LogP contribution in [-0.2, 0) is 23.6 Å². The van der Waals surface area contributed by atoms with Crippen molar-refractivity contribution in [3.05, 3.63) is 34.6 Å². The van der Waals surface area contributed by atoms with Crippen molar-refractivity contribution < 1.29 is 13.2 Å². The van der Waals surface area contributed by atoms with Gasteiger partial charge in [0.25, 0.3) is 0 Å². The van der Waals surface area contributed by atoms with Gasteiger partial charge in [-0.05, 0) is 34.1 Å². The van der Waals surface area contributed by atoms with Crippen molar-refractivity contribution in [2.24, 2.45) is 7.05 Å². The fourth-order valence-corrected chi connectivity index (χ4v) is 3.25. The molecule has 0 unspecified atom stereocenters. The highest BCUT2D eigenvalue weighted by atomic mass is 79.9. The van der Waals surface area contributed by atoms with E-state index in [2.05, 4.69) is 25.8 Å². The summed E-state index contributed by atoms with van der Waals surface area (Å²) in [6.45, 7) is 0.123. The van der Waals surface area contributed by atoms with Crippen LogP contribution in [0.3, 0.4) is 0 Å².